The quantitative estimate of drug-likeness (QED) is 0.284. The maximum Gasteiger partial charge on any atom is 0.414 e. The van der Waals surface area contributed by atoms with Crippen molar-refractivity contribution in [2.45, 2.75) is 13.0 Å². The summed E-state index contributed by atoms with van der Waals surface area (Å²) in [4.78, 5) is 27.9. The topological polar surface area (TPSA) is 108 Å². The van der Waals surface area contributed by atoms with Gasteiger partial charge in [-0.05, 0) is 30.3 Å². The van der Waals surface area contributed by atoms with E-state index in [4.69, 9.17) is 9.47 Å². The predicted octanol–water partition coefficient (Wildman–Crippen LogP) is 1.01. The lowest BCUT2D eigenvalue weighted by Gasteiger charge is -2.32. The van der Waals surface area contributed by atoms with Crippen LogP contribution in [0, 0.1) is 5.82 Å². The van der Waals surface area contributed by atoms with Crippen LogP contribution in [-0.2, 0) is 9.53 Å². The molecule has 2 aromatic carbocycles. The van der Waals surface area contributed by atoms with E-state index in [0.717, 1.165) is 16.2 Å². The van der Waals surface area contributed by atoms with Crippen molar-refractivity contribution in [2.24, 2.45) is 5.16 Å². The average Bonchev–Trinajstić information content (AvgIpc) is 3.27. The normalized spacial score (nSPS) is 19.3. The summed E-state index contributed by atoms with van der Waals surface area (Å²) < 4.78 is 25.5. The molecule has 36 heavy (non-hydrogen) atoms. The molecule has 2 amide bonds. The zero-order valence-corrected chi connectivity index (χ0v) is 20.4. The summed E-state index contributed by atoms with van der Waals surface area (Å²) in [5.41, 5.74) is 2.35. The number of anilines is 1. The Morgan fingerprint density at radius 2 is 1.97 bits per heavy atom. The lowest BCUT2D eigenvalue weighted by molar-refractivity contribution is -0.839. The van der Waals surface area contributed by atoms with E-state index < -0.39 is 12.2 Å². The lowest BCUT2D eigenvalue weighted by Crippen LogP contribution is -3.10. The van der Waals surface area contributed by atoms with Crippen molar-refractivity contribution in [3.8, 4) is 5.75 Å². The Balaban J connectivity index is 1.33. The molecule has 2 aromatic rings. The molecule has 1 atom stereocenters. The molecule has 2 fully saturated rings. The van der Waals surface area contributed by atoms with Gasteiger partial charge in [-0.3, -0.25) is 19.5 Å². The highest BCUT2D eigenvalue weighted by Crippen LogP contribution is 2.25. The maximum absolute atomic E-state index is 15.1. The first kappa shape index (κ1) is 25.4. The van der Waals surface area contributed by atoms with Gasteiger partial charge in [-0.2, -0.15) is 0 Å². The van der Waals surface area contributed by atoms with Crippen molar-refractivity contribution in [3.05, 3.63) is 53.8 Å². The highest BCUT2D eigenvalue weighted by atomic mass is 19.1. The van der Waals surface area contributed by atoms with Crippen LogP contribution in [0.3, 0.4) is 0 Å². The molecule has 0 bridgehead atoms. The molecule has 4 rings (SSSR count). The van der Waals surface area contributed by atoms with Gasteiger partial charge in [0, 0.05) is 44.3 Å². The number of halogens is 1. The van der Waals surface area contributed by atoms with E-state index in [9.17, 15) is 14.8 Å². The van der Waals surface area contributed by atoms with Gasteiger partial charge in [0.2, 0.25) is 5.91 Å². The number of nitrogens with one attached hydrogen (secondary N) is 2. The van der Waals surface area contributed by atoms with Crippen molar-refractivity contribution in [3.63, 3.8) is 0 Å². The van der Waals surface area contributed by atoms with Gasteiger partial charge in [-0.1, -0.05) is 5.16 Å². The molecule has 0 aliphatic carbocycles. The maximum atomic E-state index is 15.1. The molecule has 0 aromatic heterocycles. The van der Waals surface area contributed by atoms with E-state index in [0.29, 0.717) is 49.8 Å². The van der Waals surface area contributed by atoms with Gasteiger partial charge >= 0.3 is 6.09 Å². The van der Waals surface area contributed by atoms with Crippen LogP contribution in [0.1, 0.15) is 12.5 Å². The van der Waals surface area contributed by atoms with Gasteiger partial charge in [0.05, 0.1) is 39.0 Å². The largest absolute Gasteiger partial charge is 0.497 e. The summed E-state index contributed by atoms with van der Waals surface area (Å²) in [7, 11) is 1.60. The number of amides is 2. The van der Waals surface area contributed by atoms with E-state index in [1.807, 2.05) is 24.3 Å². The van der Waals surface area contributed by atoms with Gasteiger partial charge in [-0.25, -0.2) is 9.18 Å². The molecule has 192 valence electrons. The Kier molecular flexibility index (Phi) is 8.01. The smallest absolute Gasteiger partial charge is 0.414 e. The van der Waals surface area contributed by atoms with Crippen LogP contribution in [0.15, 0.2) is 47.6 Å². The minimum atomic E-state index is -0.559. The van der Waals surface area contributed by atoms with Crippen LogP contribution in [0.25, 0.3) is 0 Å². The third-order valence-electron chi connectivity index (χ3n) is 6.47. The van der Waals surface area contributed by atoms with Crippen molar-refractivity contribution >= 4 is 29.1 Å². The number of quaternary nitrogens is 1. The molecule has 2 aliphatic heterocycles. The summed E-state index contributed by atoms with van der Waals surface area (Å²) >= 11 is 0. The minimum Gasteiger partial charge on any atom is -0.497 e. The third kappa shape index (κ3) is 5.92. The number of ether oxygens (including phenoxy) is 2. The van der Waals surface area contributed by atoms with E-state index in [1.165, 1.54) is 17.9 Å². The van der Waals surface area contributed by atoms with Gasteiger partial charge in [0.15, 0.2) is 11.5 Å². The second-order valence-corrected chi connectivity index (χ2v) is 8.87. The van der Waals surface area contributed by atoms with Crippen molar-refractivity contribution in [1.82, 2.24) is 10.2 Å². The fourth-order valence-electron chi connectivity index (χ4n) is 4.48. The Labute approximate surface area is 208 Å². The Morgan fingerprint density at radius 1 is 1.25 bits per heavy atom. The minimum absolute atomic E-state index is 0.205. The molecule has 0 radical (unpaired) electrons. The number of rotatable bonds is 8. The molecule has 3 N–H and O–H groups in total. The second-order valence-electron chi connectivity index (χ2n) is 8.87. The van der Waals surface area contributed by atoms with Crippen LogP contribution in [0.4, 0.5) is 20.6 Å². The number of piperazine rings is 1. The van der Waals surface area contributed by atoms with E-state index in [1.54, 1.807) is 19.2 Å². The van der Waals surface area contributed by atoms with Crippen LogP contribution in [0.5, 0.6) is 5.75 Å². The number of carbonyl (C=O) groups is 2. The van der Waals surface area contributed by atoms with Gasteiger partial charge in [0.25, 0.3) is 0 Å². The highest BCUT2D eigenvalue weighted by molar-refractivity contribution is 6.01. The molecular formula is C25H31FN5O5+. The molecule has 2 saturated heterocycles. The monoisotopic (exact) mass is 500 g/mol. The molecule has 11 heteroatoms. The van der Waals surface area contributed by atoms with E-state index in [-0.39, 0.29) is 24.8 Å². The summed E-state index contributed by atoms with van der Waals surface area (Å²) in [5.74, 6) is 0.140. The van der Waals surface area contributed by atoms with Crippen LogP contribution >= 0.6 is 0 Å². The SMILES string of the molecule is COc1ccc(/C(CN2CC[NH+](c3ccc(N4C[C@H](CNC(C)=O)OC4=O)cc3F)CC2)=N/O)cc1. The van der Waals surface area contributed by atoms with Crippen molar-refractivity contribution < 1.29 is 33.6 Å². The second kappa shape index (κ2) is 11.4. The Morgan fingerprint density at radius 3 is 2.58 bits per heavy atom. The molecule has 0 unspecified atom stereocenters. The third-order valence-corrected chi connectivity index (χ3v) is 6.47. The number of nitrogens with zero attached hydrogens (tertiary/aromatic N) is 3. The van der Waals surface area contributed by atoms with Crippen LogP contribution < -0.4 is 19.9 Å². The number of carbonyl (C=O) groups excluding carboxylic acids is 2. The molecule has 2 heterocycles. The highest BCUT2D eigenvalue weighted by Gasteiger charge is 2.33. The molecule has 10 nitrogen and oxygen atoms in total. The first-order chi connectivity index (χ1) is 17.4. The fourth-order valence-corrected chi connectivity index (χ4v) is 4.48. The predicted molar refractivity (Wildman–Crippen MR) is 131 cm³/mol. The Bertz CT molecular complexity index is 1120. The fraction of sp³-hybridized carbons (Fsp3) is 0.400. The zero-order chi connectivity index (χ0) is 25.7. The summed E-state index contributed by atoms with van der Waals surface area (Å²) in [6.45, 7) is 5.10. The number of hydrogen-bond donors (Lipinski definition) is 3. The van der Waals surface area contributed by atoms with Crippen molar-refractivity contribution in [2.75, 3.05) is 57.8 Å². The van der Waals surface area contributed by atoms with Gasteiger partial charge < -0.3 is 20.0 Å². The summed E-state index contributed by atoms with van der Waals surface area (Å²) in [6, 6.07) is 12.1. The van der Waals surface area contributed by atoms with Crippen LogP contribution in [0.2, 0.25) is 0 Å². The molecule has 0 spiro atoms. The molecule has 2 aliphatic rings. The van der Waals surface area contributed by atoms with Gasteiger partial charge in [-0.15, -0.1) is 0 Å². The lowest BCUT2D eigenvalue weighted by atomic mass is 10.1. The number of oxime groups is 1. The summed E-state index contributed by atoms with van der Waals surface area (Å²) in [6.07, 6.45) is -1.04. The number of benzene rings is 2. The van der Waals surface area contributed by atoms with Crippen LogP contribution in [-0.4, -0.2) is 86.8 Å². The molecule has 0 saturated carbocycles. The number of methoxy groups -OCH3 is 1. The summed E-state index contributed by atoms with van der Waals surface area (Å²) in [5, 5.41) is 15.6. The molecular weight excluding hydrogens is 469 g/mol. The average molecular weight is 501 g/mol. The van der Waals surface area contributed by atoms with E-state index in [2.05, 4.69) is 15.4 Å². The Hall–Kier alpha value is -3.70. The first-order valence-electron chi connectivity index (χ1n) is 11.8. The standard InChI is InChI=1S/C25H30FN5O5/c1-17(32)27-14-21-15-31(25(33)36-21)19-5-8-24(22(26)13-19)30-11-9-29(10-12-30)16-23(28-34)18-3-6-20(35-2)7-4-18/h3-8,13,21,34H,9-12,14-16H2,1-2H3,(H,27,32)/p+1/b28-23+/t21-/m0/s1. The van der Waals surface area contributed by atoms with Crippen molar-refractivity contribution in [1.29, 1.82) is 0 Å². The van der Waals surface area contributed by atoms with E-state index >= 15 is 4.39 Å². The zero-order valence-electron chi connectivity index (χ0n) is 20.4. The number of hydrogen-bond acceptors (Lipinski definition) is 7. The number of cyclic esters (lactones) is 1. The van der Waals surface area contributed by atoms with Gasteiger partial charge in [0.1, 0.15) is 17.6 Å². The first-order valence-corrected chi connectivity index (χ1v) is 11.8.